The third kappa shape index (κ3) is 5.07. The van der Waals surface area contributed by atoms with Gasteiger partial charge in [0.2, 0.25) is 0 Å². The van der Waals surface area contributed by atoms with Gasteiger partial charge in [0.15, 0.2) is 17.2 Å². The Balaban J connectivity index is 1.86. The molecule has 0 saturated carbocycles. The van der Waals surface area contributed by atoms with E-state index in [2.05, 4.69) is 11.9 Å². The number of aromatic nitrogens is 2. The second kappa shape index (κ2) is 9.96. The summed E-state index contributed by atoms with van der Waals surface area (Å²) in [5, 5.41) is 9.59. The van der Waals surface area contributed by atoms with Crippen LogP contribution >= 0.6 is 0 Å². The van der Waals surface area contributed by atoms with E-state index in [9.17, 15) is 23.1 Å². The van der Waals surface area contributed by atoms with Crippen LogP contribution in [0, 0.1) is 30.3 Å². The van der Waals surface area contributed by atoms with Gasteiger partial charge in [-0.1, -0.05) is 19.8 Å². The second-order valence-corrected chi connectivity index (χ2v) is 7.57. The molecular weight excluding hydrogens is 409 g/mol. The van der Waals surface area contributed by atoms with Crippen molar-refractivity contribution in [2.45, 2.75) is 46.1 Å². The molecule has 0 unspecified atom stereocenters. The molecule has 2 heterocycles. The maximum absolute atomic E-state index is 13.9. The molecule has 2 aromatic heterocycles. The molecule has 1 N–H and O–H groups in total. The molecule has 0 radical (unpaired) electrons. The van der Waals surface area contributed by atoms with Crippen LogP contribution in [0.3, 0.4) is 0 Å². The van der Waals surface area contributed by atoms with Crippen LogP contribution in [0.4, 0.5) is 13.2 Å². The number of benzene rings is 1. The minimum absolute atomic E-state index is 0.0648. The molecule has 0 aliphatic heterocycles. The topological polar surface area (TPSA) is 63.8 Å². The van der Waals surface area contributed by atoms with Gasteiger partial charge in [-0.25, -0.2) is 18.2 Å². The number of aliphatic hydroxyl groups excluding tert-OH is 1. The minimum atomic E-state index is -1.04. The molecule has 0 amide bonds. The first-order chi connectivity index (χ1) is 14.8. The standard InChI is InChI=1S/C23H25F3N2O3/c1-3-4-6-15(12-29)9-20(30)22-14(2)27-23-21(7-5-8-28(22)23)31-13-17-18(25)10-16(24)11-19(17)26/h5,7-8,10-11,15,29H,3-4,6,9,12-13H2,1-2H3/t15-/m0/s1. The predicted molar refractivity (Wildman–Crippen MR) is 110 cm³/mol. The summed E-state index contributed by atoms with van der Waals surface area (Å²) in [5.74, 6) is -3.12. The number of ether oxygens (including phenoxy) is 1. The van der Waals surface area contributed by atoms with E-state index < -0.39 is 29.6 Å². The van der Waals surface area contributed by atoms with Crippen LogP contribution < -0.4 is 4.74 Å². The molecule has 8 heteroatoms. The number of hydrogen-bond acceptors (Lipinski definition) is 4. The summed E-state index contributed by atoms with van der Waals surface area (Å²) in [7, 11) is 0. The van der Waals surface area contributed by atoms with Gasteiger partial charge in [0.25, 0.3) is 0 Å². The maximum Gasteiger partial charge on any atom is 0.181 e. The first-order valence-corrected chi connectivity index (χ1v) is 10.2. The average molecular weight is 434 g/mol. The number of Topliss-reactive ketones (excluding diaryl/α,β-unsaturated/α-hetero) is 1. The highest BCUT2D eigenvalue weighted by Gasteiger charge is 2.22. The number of imidazole rings is 1. The van der Waals surface area contributed by atoms with E-state index in [1.807, 2.05) is 0 Å². The number of aliphatic hydroxyl groups is 1. The van der Waals surface area contributed by atoms with E-state index >= 15 is 0 Å². The van der Waals surface area contributed by atoms with Crippen molar-refractivity contribution in [1.82, 2.24) is 9.38 Å². The summed E-state index contributed by atoms with van der Waals surface area (Å²) in [6.07, 6.45) is 4.53. The third-order valence-electron chi connectivity index (χ3n) is 5.23. The number of carbonyl (C=O) groups is 1. The number of fused-ring (bicyclic) bond motifs is 1. The Kier molecular flexibility index (Phi) is 7.33. The number of halogens is 3. The van der Waals surface area contributed by atoms with Crippen molar-refractivity contribution in [2.24, 2.45) is 5.92 Å². The van der Waals surface area contributed by atoms with Crippen molar-refractivity contribution in [3.63, 3.8) is 0 Å². The van der Waals surface area contributed by atoms with Crippen molar-refractivity contribution >= 4 is 11.4 Å². The molecule has 0 spiro atoms. The van der Waals surface area contributed by atoms with Crippen LogP contribution in [-0.2, 0) is 6.61 Å². The van der Waals surface area contributed by atoms with Gasteiger partial charge in [0.05, 0.1) is 11.3 Å². The van der Waals surface area contributed by atoms with Crippen LogP contribution in [0.2, 0.25) is 0 Å². The van der Waals surface area contributed by atoms with Crippen molar-refractivity contribution in [3.8, 4) is 5.75 Å². The van der Waals surface area contributed by atoms with Gasteiger partial charge in [0.1, 0.15) is 29.8 Å². The quantitative estimate of drug-likeness (QED) is 0.456. The molecule has 0 saturated heterocycles. The van der Waals surface area contributed by atoms with E-state index in [0.717, 1.165) is 19.3 Å². The lowest BCUT2D eigenvalue weighted by molar-refractivity contribution is 0.0923. The molecular formula is C23H25F3N2O3. The van der Waals surface area contributed by atoms with Crippen LogP contribution in [0.5, 0.6) is 5.75 Å². The number of aryl methyl sites for hydroxylation is 1. The number of pyridine rings is 1. The number of unbranched alkanes of at least 4 members (excludes halogenated alkanes) is 1. The Morgan fingerprint density at radius 2 is 1.97 bits per heavy atom. The van der Waals surface area contributed by atoms with E-state index in [-0.39, 0.29) is 30.5 Å². The molecule has 0 fully saturated rings. The van der Waals surface area contributed by atoms with Crippen LogP contribution in [0.1, 0.15) is 54.4 Å². The fourth-order valence-corrected chi connectivity index (χ4v) is 3.57. The van der Waals surface area contributed by atoms with Crippen molar-refractivity contribution in [1.29, 1.82) is 0 Å². The first kappa shape index (κ1) is 22.8. The van der Waals surface area contributed by atoms with Crippen LogP contribution in [0.15, 0.2) is 30.5 Å². The number of carbonyl (C=O) groups excluding carboxylic acids is 1. The molecule has 1 atom stereocenters. The Labute approximate surface area is 178 Å². The van der Waals surface area contributed by atoms with E-state index in [1.165, 1.54) is 0 Å². The molecule has 5 nitrogen and oxygen atoms in total. The monoisotopic (exact) mass is 434 g/mol. The largest absolute Gasteiger partial charge is 0.485 e. The summed E-state index contributed by atoms with van der Waals surface area (Å²) in [6.45, 7) is 3.22. The van der Waals surface area contributed by atoms with Gasteiger partial charge >= 0.3 is 0 Å². The van der Waals surface area contributed by atoms with Gasteiger partial charge < -0.3 is 9.84 Å². The third-order valence-corrected chi connectivity index (χ3v) is 5.23. The van der Waals surface area contributed by atoms with Gasteiger partial charge in [-0.15, -0.1) is 0 Å². The first-order valence-electron chi connectivity index (χ1n) is 10.2. The SMILES string of the molecule is CCCC[C@H](CO)CC(=O)c1c(C)nc2c(OCc3c(F)cc(F)cc3F)cccn12. The summed E-state index contributed by atoms with van der Waals surface area (Å²) in [6, 6.07) is 4.40. The molecule has 3 aromatic rings. The Bertz CT molecular complexity index is 1060. The van der Waals surface area contributed by atoms with Crippen molar-refractivity contribution < 1.29 is 27.8 Å². The van der Waals surface area contributed by atoms with Crippen LogP contribution in [-0.4, -0.2) is 26.9 Å². The Hall–Kier alpha value is -2.87. The second-order valence-electron chi connectivity index (χ2n) is 7.57. The highest BCUT2D eigenvalue weighted by molar-refractivity contribution is 5.96. The van der Waals surface area contributed by atoms with Crippen molar-refractivity contribution in [3.05, 3.63) is 64.9 Å². The molecule has 166 valence electrons. The number of hydrogen-bond donors (Lipinski definition) is 1. The molecule has 0 bridgehead atoms. The zero-order valence-corrected chi connectivity index (χ0v) is 17.5. The summed E-state index contributed by atoms with van der Waals surface area (Å²) in [4.78, 5) is 17.3. The van der Waals surface area contributed by atoms with Gasteiger partial charge in [0, 0.05) is 31.4 Å². The fourth-order valence-electron chi connectivity index (χ4n) is 3.57. The summed E-state index contributed by atoms with van der Waals surface area (Å²) < 4.78 is 48.1. The van der Waals surface area contributed by atoms with E-state index in [1.54, 1.807) is 29.7 Å². The van der Waals surface area contributed by atoms with E-state index in [4.69, 9.17) is 4.74 Å². The smallest absolute Gasteiger partial charge is 0.181 e. The fraction of sp³-hybridized carbons (Fsp3) is 0.391. The normalized spacial score (nSPS) is 12.3. The van der Waals surface area contributed by atoms with Gasteiger partial charge in [-0.05, 0) is 31.4 Å². The molecule has 3 rings (SSSR count). The average Bonchev–Trinajstić information content (AvgIpc) is 3.06. The lowest BCUT2D eigenvalue weighted by Gasteiger charge is -2.13. The summed E-state index contributed by atoms with van der Waals surface area (Å²) in [5.41, 5.74) is 0.812. The minimum Gasteiger partial charge on any atom is -0.485 e. The summed E-state index contributed by atoms with van der Waals surface area (Å²) >= 11 is 0. The molecule has 0 aliphatic rings. The van der Waals surface area contributed by atoms with Gasteiger partial charge in [-0.3, -0.25) is 9.20 Å². The maximum atomic E-state index is 13.9. The Morgan fingerprint density at radius 3 is 2.61 bits per heavy atom. The lowest BCUT2D eigenvalue weighted by Crippen LogP contribution is -2.15. The van der Waals surface area contributed by atoms with Crippen molar-refractivity contribution in [2.75, 3.05) is 6.61 Å². The highest BCUT2D eigenvalue weighted by atomic mass is 19.1. The molecule has 31 heavy (non-hydrogen) atoms. The molecule has 1 aromatic carbocycles. The van der Waals surface area contributed by atoms with Crippen LogP contribution in [0.25, 0.3) is 5.65 Å². The zero-order valence-electron chi connectivity index (χ0n) is 17.5. The lowest BCUT2D eigenvalue weighted by atomic mass is 9.95. The number of nitrogens with zero attached hydrogens (tertiary/aromatic N) is 2. The Morgan fingerprint density at radius 1 is 1.26 bits per heavy atom. The van der Waals surface area contributed by atoms with Gasteiger partial charge in [-0.2, -0.15) is 0 Å². The zero-order chi connectivity index (χ0) is 22.5. The predicted octanol–water partition coefficient (Wildman–Crippen LogP) is 5.01. The highest BCUT2D eigenvalue weighted by Crippen LogP contribution is 2.26. The van der Waals surface area contributed by atoms with E-state index in [0.29, 0.717) is 29.2 Å². The molecule has 0 aliphatic carbocycles. The number of rotatable bonds is 10. The number of ketones is 1.